The van der Waals surface area contributed by atoms with Crippen LogP contribution in [0, 0.1) is 18.7 Å². The molecule has 2 aliphatic rings. The largest absolute Gasteiger partial charge is 0.324 e. The second-order valence-electron chi connectivity index (χ2n) is 6.85. The number of piperidine rings is 1. The van der Waals surface area contributed by atoms with Crippen molar-refractivity contribution in [3.63, 3.8) is 0 Å². The lowest BCUT2D eigenvalue weighted by molar-refractivity contribution is 0.192. The van der Waals surface area contributed by atoms with Crippen LogP contribution in [0.3, 0.4) is 0 Å². The number of amides is 2. The summed E-state index contributed by atoms with van der Waals surface area (Å²) in [5.74, 6) is 0.302. The molecule has 2 fully saturated rings. The highest BCUT2D eigenvalue weighted by molar-refractivity contribution is 5.90. The predicted molar refractivity (Wildman–Crippen MR) is 90.1 cm³/mol. The standard InChI is InChI=1S/C18H26FN3O/c1-14-11-16(19)5-6-17(14)20-18(23)22-10-7-15(13-22)12-21-8-3-2-4-9-21/h5-6,11,15H,2-4,7-10,12-13H2,1H3,(H,20,23). The van der Waals surface area contributed by atoms with E-state index >= 15 is 0 Å². The number of nitrogens with zero attached hydrogens (tertiary/aromatic N) is 2. The molecule has 1 aromatic rings. The van der Waals surface area contributed by atoms with Gasteiger partial charge in [0.1, 0.15) is 5.82 Å². The minimum atomic E-state index is -0.275. The van der Waals surface area contributed by atoms with Gasteiger partial charge < -0.3 is 15.1 Å². The number of aryl methyl sites for hydroxylation is 1. The molecule has 5 heteroatoms. The Morgan fingerprint density at radius 1 is 1.26 bits per heavy atom. The van der Waals surface area contributed by atoms with Crippen LogP contribution in [0.25, 0.3) is 0 Å². The lowest BCUT2D eigenvalue weighted by Crippen LogP contribution is -2.37. The van der Waals surface area contributed by atoms with Gasteiger partial charge in [-0.1, -0.05) is 6.42 Å². The number of nitrogens with one attached hydrogen (secondary N) is 1. The first-order valence-corrected chi connectivity index (χ1v) is 8.66. The molecule has 0 bridgehead atoms. The summed E-state index contributed by atoms with van der Waals surface area (Å²) in [4.78, 5) is 16.8. The molecule has 4 nitrogen and oxygen atoms in total. The SMILES string of the molecule is Cc1cc(F)ccc1NC(=O)N1CCC(CN2CCCCC2)C1. The monoisotopic (exact) mass is 319 g/mol. The molecule has 2 aliphatic heterocycles. The number of benzene rings is 1. The van der Waals surface area contributed by atoms with Crippen LogP contribution in [-0.4, -0.2) is 48.6 Å². The highest BCUT2D eigenvalue weighted by atomic mass is 19.1. The maximum atomic E-state index is 13.1. The maximum absolute atomic E-state index is 13.1. The maximum Gasteiger partial charge on any atom is 0.321 e. The smallest absolute Gasteiger partial charge is 0.321 e. The van der Waals surface area contributed by atoms with Crippen molar-refractivity contribution < 1.29 is 9.18 Å². The number of urea groups is 1. The van der Waals surface area contributed by atoms with Crippen molar-refractivity contribution in [3.8, 4) is 0 Å². The number of anilines is 1. The lowest BCUT2D eigenvalue weighted by atomic mass is 10.1. The fourth-order valence-corrected chi connectivity index (χ4v) is 3.63. The molecular formula is C18H26FN3O. The molecular weight excluding hydrogens is 293 g/mol. The van der Waals surface area contributed by atoms with Crippen molar-refractivity contribution in [1.29, 1.82) is 0 Å². The number of carbonyl (C=O) groups excluding carboxylic acids is 1. The Labute approximate surface area is 137 Å². The second-order valence-corrected chi connectivity index (χ2v) is 6.85. The molecule has 0 aromatic heterocycles. The Morgan fingerprint density at radius 3 is 2.78 bits per heavy atom. The summed E-state index contributed by atoms with van der Waals surface area (Å²) >= 11 is 0. The van der Waals surface area contributed by atoms with Gasteiger partial charge in [-0.15, -0.1) is 0 Å². The number of carbonyl (C=O) groups is 1. The van der Waals surface area contributed by atoms with Crippen molar-refractivity contribution in [2.24, 2.45) is 5.92 Å². The zero-order valence-electron chi connectivity index (χ0n) is 13.9. The summed E-state index contributed by atoms with van der Waals surface area (Å²) in [5.41, 5.74) is 1.44. The summed E-state index contributed by atoms with van der Waals surface area (Å²) in [6.45, 7) is 6.96. The Balaban J connectivity index is 1.50. The van der Waals surface area contributed by atoms with Crippen LogP contribution in [0.2, 0.25) is 0 Å². The van der Waals surface area contributed by atoms with Crippen LogP contribution >= 0.6 is 0 Å². The van der Waals surface area contributed by atoms with Crippen LogP contribution in [-0.2, 0) is 0 Å². The van der Waals surface area contributed by atoms with Crippen LogP contribution in [0.15, 0.2) is 18.2 Å². The number of rotatable bonds is 3. The van der Waals surface area contributed by atoms with Crippen LogP contribution < -0.4 is 5.32 Å². The Hall–Kier alpha value is -1.62. The summed E-state index contributed by atoms with van der Waals surface area (Å²) in [7, 11) is 0. The summed E-state index contributed by atoms with van der Waals surface area (Å²) in [6, 6.07) is 4.38. The van der Waals surface area contributed by atoms with Gasteiger partial charge in [0.15, 0.2) is 0 Å². The molecule has 0 saturated carbocycles. The van der Waals surface area contributed by atoms with Gasteiger partial charge in [-0.25, -0.2) is 9.18 Å². The Bertz CT molecular complexity index is 557. The van der Waals surface area contributed by atoms with Crippen LogP contribution in [0.4, 0.5) is 14.9 Å². The van der Waals surface area contributed by atoms with Gasteiger partial charge in [0.05, 0.1) is 0 Å². The van der Waals surface area contributed by atoms with Gasteiger partial charge in [-0.2, -0.15) is 0 Å². The predicted octanol–water partition coefficient (Wildman–Crippen LogP) is 3.47. The van der Waals surface area contributed by atoms with E-state index in [0.29, 0.717) is 11.6 Å². The fourth-order valence-electron chi connectivity index (χ4n) is 3.63. The molecule has 1 unspecified atom stereocenters. The normalized spacial score (nSPS) is 22.3. The fraction of sp³-hybridized carbons (Fsp3) is 0.611. The van der Waals surface area contributed by atoms with Crippen LogP contribution in [0.1, 0.15) is 31.2 Å². The first-order chi connectivity index (χ1) is 11.1. The third-order valence-electron chi connectivity index (χ3n) is 4.97. The Kier molecular flexibility index (Phi) is 5.16. The number of hydrogen-bond donors (Lipinski definition) is 1. The van der Waals surface area contributed by atoms with Gasteiger partial charge in [-0.05, 0) is 69.0 Å². The molecule has 2 amide bonds. The van der Waals surface area contributed by atoms with Crippen LogP contribution in [0.5, 0.6) is 0 Å². The minimum Gasteiger partial charge on any atom is -0.324 e. The number of halogens is 1. The number of likely N-dealkylation sites (tertiary alicyclic amines) is 2. The highest BCUT2D eigenvalue weighted by Crippen LogP contribution is 2.22. The molecule has 2 heterocycles. The molecule has 1 N–H and O–H groups in total. The van der Waals surface area contributed by atoms with Crippen molar-refractivity contribution >= 4 is 11.7 Å². The van der Waals surface area contributed by atoms with E-state index in [4.69, 9.17) is 0 Å². The average molecular weight is 319 g/mol. The topological polar surface area (TPSA) is 35.6 Å². The molecule has 2 saturated heterocycles. The van der Waals surface area contributed by atoms with E-state index in [0.717, 1.165) is 31.6 Å². The van der Waals surface area contributed by atoms with Gasteiger partial charge in [0.2, 0.25) is 0 Å². The molecule has 0 aliphatic carbocycles. The Morgan fingerprint density at radius 2 is 2.04 bits per heavy atom. The molecule has 1 atom stereocenters. The van der Waals surface area contributed by atoms with Gasteiger partial charge in [0, 0.05) is 25.3 Å². The third kappa shape index (κ3) is 4.22. The molecule has 3 rings (SSSR count). The van der Waals surface area contributed by atoms with E-state index in [1.165, 1.54) is 44.5 Å². The third-order valence-corrected chi connectivity index (χ3v) is 4.97. The van der Waals surface area contributed by atoms with Gasteiger partial charge in [-0.3, -0.25) is 0 Å². The zero-order chi connectivity index (χ0) is 16.2. The first-order valence-electron chi connectivity index (χ1n) is 8.66. The molecule has 1 aromatic carbocycles. The van der Waals surface area contributed by atoms with Gasteiger partial charge >= 0.3 is 6.03 Å². The summed E-state index contributed by atoms with van der Waals surface area (Å²) in [6.07, 6.45) is 5.04. The van der Waals surface area contributed by atoms with E-state index in [2.05, 4.69) is 10.2 Å². The number of hydrogen-bond acceptors (Lipinski definition) is 2. The van der Waals surface area contributed by atoms with Crippen molar-refractivity contribution in [3.05, 3.63) is 29.6 Å². The molecule has 23 heavy (non-hydrogen) atoms. The molecule has 0 spiro atoms. The first kappa shape index (κ1) is 16.2. The van der Waals surface area contributed by atoms with Crippen molar-refractivity contribution in [2.45, 2.75) is 32.6 Å². The van der Waals surface area contributed by atoms with E-state index in [9.17, 15) is 9.18 Å². The highest BCUT2D eigenvalue weighted by Gasteiger charge is 2.28. The van der Waals surface area contributed by atoms with Gasteiger partial charge in [0.25, 0.3) is 0 Å². The summed E-state index contributed by atoms with van der Waals surface area (Å²) in [5, 5.41) is 2.91. The molecule has 0 radical (unpaired) electrons. The van der Waals surface area contributed by atoms with Crippen molar-refractivity contribution in [2.75, 3.05) is 38.0 Å². The van der Waals surface area contributed by atoms with E-state index in [-0.39, 0.29) is 11.8 Å². The van der Waals surface area contributed by atoms with Crippen molar-refractivity contribution in [1.82, 2.24) is 9.80 Å². The molecule has 126 valence electrons. The lowest BCUT2D eigenvalue weighted by Gasteiger charge is -2.29. The van der Waals surface area contributed by atoms with E-state index < -0.39 is 0 Å². The second kappa shape index (κ2) is 7.30. The zero-order valence-corrected chi connectivity index (χ0v) is 13.9. The quantitative estimate of drug-likeness (QED) is 0.926. The minimum absolute atomic E-state index is 0.0687. The van der Waals surface area contributed by atoms with E-state index in [1.807, 2.05) is 11.8 Å². The average Bonchev–Trinajstić information content (AvgIpc) is 3.00. The van der Waals surface area contributed by atoms with E-state index in [1.54, 1.807) is 6.07 Å². The summed E-state index contributed by atoms with van der Waals surface area (Å²) < 4.78 is 13.1.